The van der Waals surface area contributed by atoms with Crippen LogP contribution >= 0.6 is 11.3 Å². The van der Waals surface area contributed by atoms with Crippen LogP contribution in [0.4, 0.5) is 4.79 Å². The van der Waals surface area contributed by atoms with Crippen LogP contribution in [-0.2, 0) is 28.9 Å². The lowest BCUT2D eigenvalue weighted by atomic mass is 9.66. The Morgan fingerprint density at radius 2 is 1.95 bits per heavy atom. The van der Waals surface area contributed by atoms with Crippen molar-refractivity contribution in [2.75, 3.05) is 12.9 Å². The lowest BCUT2D eigenvalue weighted by Crippen LogP contribution is -2.66. The fourth-order valence-electron chi connectivity index (χ4n) is 7.08. The van der Waals surface area contributed by atoms with Crippen LogP contribution in [0.3, 0.4) is 0 Å². The van der Waals surface area contributed by atoms with E-state index in [1.807, 2.05) is 0 Å². The standard InChI is InChI=1S/C29H39N3O9S2/c1-15(2)28(4)9-7-8-17(12-28)41-27(37)40-11-10-29(5)20(18-13-31-14-30-23(25(31)42-18)43(6,38)39)21(26(35)36)32-22(29)19(16(3)33)24(32)34/h13-17,19,22,33H,7-12H2,1-6H3,(H,35,36)/t16-,17?,19-,22-,28+,29?/m1/s1. The molecule has 5 rings (SSSR count). The number of ether oxygens (including phenoxy) is 2. The minimum absolute atomic E-state index is 0.0712. The van der Waals surface area contributed by atoms with Crippen LogP contribution in [0, 0.1) is 22.7 Å². The third-order valence-corrected chi connectivity index (χ3v) is 12.1. The van der Waals surface area contributed by atoms with E-state index in [4.69, 9.17) is 9.47 Å². The predicted octanol–water partition coefficient (Wildman–Crippen LogP) is 3.97. The molecule has 6 atom stereocenters. The molecule has 3 aliphatic rings. The monoisotopic (exact) mass is 637 g/mol. The SMILES string of the molecule is CC(C)[C@@]1(C)CCCC(OC(=O)OCCC2(C)C(c3cn4cnc(S(C)(=O)=O)c4s3)=C(C(=O)O)N3C(=O)[C@H]([C@@H](C)O)[C@@H]32)C1. The van der Waals surface area contributed by atoms with E-state index in [9.17, 15) is 33.0 Å². The Morgan fingerprint density at radius 1 is 1.26 bits per heavy atom. The molecule has 0 bridgehead atoms. The molecule has 2 unspecified atom stereocenters. The zero-order valence-corrected chi connectivity index (χ0v) is 26.8. The molecule has 236 valence electrons. The number of nitrogens with zero attached hydrogens (tertiary/aromatic N) is 3. The molecule has 2 fully saturated rings. The Labute approximate surface area is 254 Å². The highest BCUT2D eigenvalue weighted by atomic mass is 32.2. The Bertz CT molecular complexity index is 1610. The Morgan fingerprint density at radius 3 is 2.56 bits per heavy atom. The number of carbonyl (C=O) groups excluding carboxylic acids is 2. The number of rotatable bonds is 9. The average molecular weight is 638 g/mol. The Kier molecular flexibility index (Phi) is 7.96. The number of β-lactam (4-membered cyclic amide) rings is 1. The van der Waals surface area contributed by atoms with E-state index in [1.165, 1.54) is 22.6 Å². The van der Waals surface area contributed by atoms with Crippen LogP contribution in [0.2, 0.25) is 0 Å². The van der Waals surface area contributed by atoms with Crippen LogP contribution in [0.5, 0.6) is 0 Å². The zero-order valence-electron chi connectivity index (χ0n) is 25.2. The Hall–Kier alpha value is -2.97. The average Bonchev–Trinajstić information content (AvgIpc) is 3.52. The van der Waals surface area contributed by atoms with E-state index >= 15 is 0 Å². The number of aliphatic hydroxyl groups excluding tert-OH is 1. The first kappa shape index (κ1) is 31.5. The molecule has 1 saturated carbocycles. The number of carboxylic acid groups (broad SMARTS) is 1. The van der Waals surface area contributed by atoms with E-state index in [0.717, 1.165) is 43.3 Å². The van der Waals surface area contributed by atoms with Gasteiger partial charge in [0.2, 0.25) is 5.91 Å². The molecule has 2 aromatic heterocycles. The second-order valence-electron chi connectivity index (χ2n) is 13.0. The summed E-state index contributed by atoms with van der Waals surface area (Å²) in [6.45, 7) is 9.70. The summed E-state index contributed by atoms with van der Waals surface area (Å²) in [5, 5.41) is 20.7. The summed E-state index contributed by atoms with van der Waals surface area (Å²) in [5.41, 5.74) is -0.911. The summed E-state index contributed by atoms with van der Waals surface area (Å²) in [6, 6.07) is -0.709. The summed E-state index contributed by atoms with van der Waals surface area (Å²) < 4.78 is 37.3. The summed E-state index contributed by atoms with van der Waals surface area (Å²) in [5.74, 6) is -2.26. The molecule has 2 aromatic rings. The lowest BCUT2D eigenvalue weighted by Gasteiger charge is -2.50. The van der Waals surface area contributed by atoms with E-state index in [-0.39, 0.29) is 35.3 Å². The van der Waals surface area contributed by atoms with Gasteiger partial charge in [0.25, 0.3) is 0 Å². The van der Waals surface area contributed by atoms with E-state index < -0.39 is 51.3 Å². The van der Waals surface area contributed by atoms with Crippen molar-refractivity contribution in [3.05, 3.63) is 23.1 Å². The summed E-state index contributed by atoms with van der Waals surface area (Å²) >= 11 is 1.05. The molecule has 4 heterocycles. The van der Waals surface area contributed by atoms with Crippen LogP contribution in [-0.4, -0.2) is 82.1 Å². The topological polar surface area (TPSA) is 165 Å². The highest BCUT2D eigenvalue weighted by molar-refractivity contribution is 7.91. The van der Waals surface area contributed by atoms with Gasteiger partial charge in [0.1, 0.15) is 23.0 Å². The van der Waals surface area contributed by atoms with Crippen molar-refractivity contribution >= 4 is 49.6 Å². The normalized spacial score (nSPS) is 30.0. The largest absolute Gasteiger partial charge is 0.508 e. The molecular formula is C29H39N3O9S2. The van der Waals surface area contributed by atoms with Crippen molar-refractivity contribution in [1.29, 1.82) is 0 Å². The van der Waals surface area contributed by atoms with Gasteiger partial charge >= 0.3 is 12.1 Å². The molecule has 1 aliphatic carbocycles. The van der Waals surface area contributed by atoms with Gasteiger partial charge in [0, 0.05) is 23.4 Å². The maximum atomic E-state index is 13.1. The van der Waals surface area contributed by atoms with Crippen molar-refractivity contribution in [2.45, 2.75) is 90.0 Å². The van der Waals surface area contributed by atoms with Crippen LogP contribution in [0.15, 0.2) is 23.2 Å². The molecule has 2 aliphatic heterocycles. The minimum atomic E-state index is -3.66. The number of hydrogen-bond acceptors (Lipinski definition) is 10. The van der Waals surface area contributed by atoms with Gasteiger partial charge in [-0.15, -0.1) is 11.3 Å². The van der Waals surface area contributed by atoms with Crippen LogP contribution in [0.1, 0.15) is 71.6 Å². The number of aliphatic hydroxyl groups is 1. The van der Waals surface area contributed by atoms with E-state index in [1.54, 1.807) is 13.1 Å². The third kappa shape index (κ3) is 5.24. The van der Waals surface area contributed by atoms with E-state index in [2.05, 4.69) is 25.8 Å². The maximum absolute atomic E-state index is 13.1. The van der Waals surface area contributed by atoms with E-state index in [0.29, 0.717) is 21.2 Å². The highest BCUT2D eigenvalue weighted by Gasteiger charge is 2.66. The molecule has 2 N–H and O–H groups in total. The van der Waals surface area contributed by atoms with Crippen molar-refractivity contribution < 1.29 is 42.5 Å². The summed E-state index contributed by atoms with van der Waals surface area (Å²) in [7, 11) is -3.66. The van der Waals surface area contributed by atoms with Gasteiger partial charge < -0.3 is 24.6 Å². The molecule has 1 amide bonds. The fourth-order valence-corrected chi connectivity index (χ4v) is 9.47. The number of amides is 1. The van der Waals surface area contributed by atoms with Gasteiger partial charge in [-0.25, -0.2) is 23.0 Å². The molecule has 0 radical (unpaired) electrons. The van der Waals surface area contributed by atoms with Gasteiger partial charge in [-0.2, -0.15) is 0 Å². The zero-order chi connectivity index (χ0) is 31.6. The van der Waals surface area contributed by atoms with Crippen molar-refractivity contribution in [3.8, 4) is 0 Å². The minimum Gasteiger partial charge on any atom is -0.477 e. The second kappa shape index (κ2) is 10.9. The number of sulfone groups is 1. The second-order valence-corrected chi connectivity index (χ2v) is 16.0. The maximum Gasteiger partial charge on any atom is 0.508 e. The van der Waals surface area contributed by atoms with Gasteiger partial charge in [0.15, 0.2) is 14.9 Å². The quantitative estimate of drug-likeness (QED) is 0.304. The molecule has 14 heteroatoms. The number of fused-ring (bicyclic) bond motifs is 2. The fraction of sp³-hybridized carbons (Fsp3) is 0.655. The number of thiazole rings is 1. The molecule has 12 nitrogen and oxygen atoms in total. The molecule has 43 heavy (non-hydrogen) atoms. The van der Waals surface area contributed by atoms with Gasteiger partial charge in [-0.1, -0.05) is 27.7 Å². The smallest absolute Gasteiger partial charge is 0.477 e. The first-order chi connectivity index (χ1) is 20.0. The van der Waals surface area contributed by atoms with Gasteiger partial charge in [-0.3, -0.25) is 9.20 Å². The first-order valence-corrected chi connectivity index (χ1v) is 17.2. The number of aliphatic carboxylic acids is 1. The molecule has 0 spiro atoms. The summed E-state index contributed by atoms with van der Waals surface area (Å²) in [4.78, 5) is 44.5. The number of hydrogen-bond donors (Lipinski definition) is 2. The van der Waals surface area contributed by atoms with Crippen molar-refractivity contribution in [2.24, 2.45) is 22.7 Å². The Balaban J connectivity index is 1.44. The number of imidazole rings is 1. The van der Waals surface area contributed by atoms with Gasteiger partial charge in [-0.05, 0) is 50.4 Å². The van der Waals surface area contributed by atoms with Crippen molar-refractivity contribution in [3.63, 3.8) is 0 Å². The molecule has 0 aromatic carbocycles. The number of aromatic nitrogens is 2. The van der Waals surface area contributed by atoms with Crippen LogP contribution < -0.4 is 0 Å². The van der Waals surface area contributed by atoms with Crippen molar-refractivity contribution in [1.82, 2.24) is 14.3 Å². The molecule has 1 saturated heterocycles. The first-order valence-electron chi connectivity index (χ1n) is 14.5. The lowest BCUT2D eigenvalue weighted by molar-refractivity contribution is -0.167. The summed E-state index contributed by atoms with van der Waals surface area (Å²) in [6.07, 6.45) is 5.54. The molecular weight excluding hydrogens is 598 g/mol. The number of carbonyl (C=O) groups is 3. The van der Waals surface area contributed by atoms with Gasteiger partial charge in [0.05, 0.1) is 29.5 Å². The predicted molar refractivity (Wildman–Crippen MR) is 157 cm³/mol. The third-order valence-electron chi connectivity index (χ3n) is 9.81. The highest BCUT2D eigenvalue weighted by Crippen LogP contribution is 2.60. The number of carboxylic acids is 1. The van der Waals surface area contributed by atoms with Crippen LogP contribution in [0.25, 0.3) is 10.4 Å².